The number of halogens is 1. The molecule has 23 heavy (non-hydrogen) atoms. The number of hydrogen-bond acceptors (Lipinski definition) is 5. The number of benzene rings is 1. The molecule has 0 aliphatic heterocycles. The van der Waals surface area contributed by atoms with Crippen LogP contribution in [0.15, 0.2) is 28.8 Å². The summed E-state index contributed by atoms with van der Waals surface area (Å²) in [6.45, 7) is 7.57. The third-order valence-corrected chi connectivity index (χ3v) is 3.29. The highest BCUT2D eigenvalue weighted by Crippen LogP contribution is 2.20. The summed E-state index contributed by atoms with van der Waals surface area (Å²) in [5.41, 5.74) is 0.504. The largest absolute Gasteiger partial charge is 0.457 e. The van der Waals surface area contributed by atoms with Gasteiger partial charge in [0.05, 0.1) is 5.92 Å². The maximum atomic E-state index is 13.1. The van der Waals surface area contributed by atoms with E-state index in [9.17, 15) is 9.18 Å². The van der Waals surface area contributed by atoms with Crippen LogP contribution in [0.1, 0.15) is 45.0 Å². The van der Waals surface area contributed by atoms with Gasteiger partial charge >= 0.3 is 5.97 Å². The van der Waals surface area contributed by atoms with E-state index in [-0.39, 0.29) is 29.7 Å². The Balaban J connectivity index is 1.88. The van der Waals surface area contributed by atoms with E-state index < -0.39 is 0 Å². The molecular weight excluding hydrogens is 299 g/mol. The van der Waals surface area contributed by atoms with E-state index in [2.05, 4.69) is 10.1 Å². The quantitative estimate of drug-likeness (QED) is 0.790. The molecule has 0 saturated heterocycles. The van der Waals surface area contributed by atoms with Gasteiger partial charge in [-0.1, -0.05) is 45.0 Å². The average Bonchev–Trinajstić information content (AvgIpc) is 2.93. The molecule has 0 saturated carbocycles. The Morgan fingerprint density at radius 2 is 2.13 bits per heavy atom. The number of ether oxygens (including phenoxy) is 1. The monoisotopic (exact) mass is 320 g/mol. The molecule has 0 spiro atoms. The van der Waals surface area contributed by atoms with Crippen molar-refractivity contribution in [1.29, 1.82) is 0 Å². The average molecular weight is 320 g/mol. The van der Waals surface area contributed by atoms with Crippen molar-refractivity contribution in [1.82, 2.24) is 10.1 Å². The molecule has 0 radical (unpaired) electrons. The van der Waals surface area contributed by atoms with E-state index in [0.29, 0.717) is 18.1 Å². The van der Waals surface area contributed by atoms with E-state index in [0.717, 1.165) is 5.56 Å². The molecule has 0 fully saturated rings. The summed E-state index contributed by atoms with van der Waals surface area (Å²) in [5.74, 6) is -0.246. The Morgan fingerprint density at radius 1 is 1.39 bits per heavy atom. The lowest BCUT2D eigenvalue weighted by molar-refractivity contribution is -0.149. The molecule has 5 nitrogen and oxygen atoms in total. The molecule has 124 valence electrons. The van der Waals surface area contributed by atoms with Crippen LogP contribution < -0.4 is 0 Å². The van der Waals surface area contributed by atoms with E-state index in [4.69, 9.17) is 9.26 Å². The fraction of sp³-hybridized carbons (Fsp3) is 0.471. The molecule has 0 amide bonds. The smallest absolute Gasteiger partial charge is 0.309 e. The van der Waals surface area contributed by atoms with Gasteiger partial charge in [0.1, 0.15) is 5.82 Å². The van der Waals surface area contributed by atoms with Crippen LogP contribution in [0.5, 0.6) is 0 Å². The molecule has 1 aromatic heterocycles. The first-order valence-corrected chi connectivity index (χ1v) is 7.50. The van der Waals surface area contributed by atoms with E-state index in [1.54, 1.807) is 19.1 Å². The van der Waals surface area contributed by atoms with E-state index >= 15 is 0 Å². The van der Waals surface area contributed by atoms with Crippen LogP contribution in [0.3, 0.4) is 0 Å². The molecule has 6 heteroatoms. The lowest BCUT2D eigenvalue weighted by Crippen LogP contribution is -2.17. The van der Waals surface area contributed by atoms with Crippen LogP contribution in [-0.4, -0.2) is 16.1 Å². The molecule has 1 aromatic carbocycles. The third kappa shape index (κ3) is 4.87. The summed E-state index contributed by atoms with van der Waals surface area (Å²) < 4.78 is 23.5. The van der Waals surface area contributed by atoms with Crippen LogP contribution in [0.2, 0.25) is 0 Å². The van der Waals surface area contributed by atoms with Crippen LogP contribution in [-0.2, 0) is 28.0 Å². The van der Waals surface area contributed by atoms with Crippen molar-refractivity contribution in [2.75, 3.05) is 0 Å². The second-order valence-corrected chi connectivity index (χ2v) is 6.61. The van der Waals surface area contributed by atoms with Gasteiger partial charge in [0.15, 0.2) is 6.61 Å². The van der Waals surface area contributed by atoms with Gasteiger partial charge < -0.3 is 9.26 Å². The second kappa shape index (κ2) is 6.89. The Hall–Kier alpha value is -2.24. The fourth-order valence-electron chi connectivity index (χ4n) is 2.00. The second-order valence-electron chi connectivity index (χ2n) is 6.61. The summed E-state index contributed by atoms with van der Waals surface area (Å²) in [7, 11) is 0. The number of hydrogen-bond donors (Lipinski definition) is 0. The minimum absolute atomic E-state index is 0.0358. The van der Waals surface area contributed by atoms with Gasteiger partial charge in [-0.3, -0.25) is 4.79 Å². The molecule has 1 heterocycles. The molecule has 1 unspecified atom stereocenters. The van der Waals surface area contributed by atoms with Crippen molar-refractivity contribution in [2.24, 2.45) is 5.92 Å². The standard InChI is InChI=1S/C17H21FN2O3/c1-11(8-12-6-5-7-13(18)9-12)15(21)22-10-14-19-16(23-20-14)17(2,3)4/h5-7,9,11H,8,10H2,1-4H3. The molecule has 2 aromatic rings. The first-order chi connectivity index (χ1) is 10.8. The summed E-state index contributed by atoms with van der Waals surface area (Å²) in [4.78, 5) is 16.2. The maximum absolute atomic E-state index is 13.1. The van der Waals surface area contributed by atoms with Crippen LogP contribution >= 0.6 is 0 Å². The van der Waals surface area contributed by atoms with E-state index in [1.165, 1.54) is 12.1 Å². The number of rotatable bonds is 5. The van der Waals surface area contributed by atoms with Crippen molar-refractivity contribution < 1.29 is 18.4 Å². The summed E-state index contributed by atoms with van der Waals surface area (Å²) in [6, 6.07) is 6.19. The third-order valence-electron chi connectivity index (χ3n) is 3.29. The molecule has 1 atom stereocenters. The number of carbonyl (C=O) groups is 1. The first-order valence-electron chi connectivity index (χ1n) is 7.50. The Morgan fingerprint density at radius 3 is 2.74 bits per heavy atom. The van der Waals surface area contributed by atoms with Crippen molar-refractivity contribution in [3.8, 4) is 0 Å². The maximum Gasteiger partial charge on any atom is 0.309 e. The number of esters is 1. The molecule has 0 N–H and O–H groups in total. The van der Waals surface area contributed by atoms with E-state index in [1.807, 2.05) is 20.8 Å². The Bertz CT molecular complexity index is 676. The SMILES string of the molecule is CC(Cc1cccc(F)c1)C(=O)OCc1noc(C(C)(C)C)n1. The van der Waals surface area contributed by atoms with Crippen molar-refractivity contribution in [3.05, 3.63) is 47.4 Å². The molecule has 0 bridgehead atoms. The molecule has 2 rings (SSSR count). The normalized spacial score (nSPS) is 12.9. The van der Waals surface area contributed by atoms with Crippen molar-refractivity contribution in [3.63, 3.8) is 0 Å². The number of aromatic nitrogens is 2. The Labute approximate surface area is 134 Å². The van der Waals surface area contributed by atoms with Gasteiger partial charge in [0, 0.05) is 5.41 Å². The zero-order valence-electron chi connectivity index (χ0n) is 13.8. The van der Waals surface area contributed by atoms with Gasteiger partial charge in [-0.15, -0.1) is 0 Å². The van der Waals surface area contributed by atoms with Crippen molar-refractivity contribution >= 4 is 5.97 Å². The predicted molar refractivity (Wildman–Crippen MR) is 82.1 cm³/mol. The summed E-state index contributed by atoms with van der Waals surface area (Å²) >= 11 is 0. The van der Waals surface area contributed by atoms with Gasteiger partial charge in [0.2, 0.25) is 11.7 Å². The number of nitrogens with zero attached hydrogens (tertiary/aromatic N) is 2. The lowest BCUT2D eigenvalue weighted by atomic mass is 9.97. The van der Waals surface area contributed by atoms with Gasteiger partial charge in [-0.05, 0) is 24.1 Å². The zero-order valence-corrected chi connectivity index (χ0v) is 13.8. The van der Waals surface area contributed by atoms with Crippen LogP contribution in [0, 0.1) is 11.7 Å². The lowest BCUT2D eigenvalue weighted by Gasteiger charge is -2.11. The Kier molecular flexibility index (Phi) is 5.13. The minimum atomic E-state index is -0.384. The van der Waals surface area contributed by atoms with Crippen LogP contribution in [0.25, 0.3) is 0 Å². The highest BCUT2D eigenvalue weighted by Gasteiger charge is 2.22. The molecular formula is C17H21FN2O3. The summed E-state index contributed by atoms with van der Waals surface area (Å²) in [6.07, 6.45) is 0.413. The van der Waals surface area contributed by atoms with Gasteiger partial charge in [0.25, 0.3) is 0 Å². The molecule has 0 aliphatic rings. The first kappa shape index (κ1) is 17.1. The molecule has 0 aliphatic carbocycles. The zero-order chi connectivity index (χ0) is 17.0. The topological polar surface area (TPSA) is 65.2 Å². The predicted octanol–water partition coefficient (Wildman–Crippen LogP) is 3.43. The minimum Gasteiger partial charge on any atom is -0.457 e. The highest BCUT2D eigenvalue weighted by atomic mass is 19.1. The van der Waals surface area contributed by atoms with Gasteiger partial charge in [-0.25, -0.2) is 4.39 Å². The highest BCUT2D eigenvalue weighted by molar-refractivity contribution is 5.72. The van der Waals surface area contributed by atoms with Gasteiger partial charge in [-0.2, -0.15) is 4.98 Å². The van der Waals surface area contributed by atoms with Crippen LogP contribution in [0.4, 0.5) is 4.39 Å². The summed E-state index contributed by atoms with van der Waals surface area (Å²) in [5, 5.41) is 3.80. The van der Waals surface area contributed by atoms with Crippen molar-refractivity contribution in [2.45, 2.75) is 46.1 Å². The fourth-order valence-corrected chi connectivity index (χ4v) is 2.00. The number of carbonyl (C=O) groups excluding carboxylic acids is 1.